The molecule has 6 nitrogen and oxygen atoms in total. The van der Waals surface area contributed by atoms with Gasteiger partial charge in [0.05, 0.1) is 17.7 Å². The molecule has 0 radical (unpaired) electrons. The molecule has 0 fully saturated rings. The van der Waals surface area contributed by atoms with E-state index in [2.05, 4.69) is 16.1 Å². The van der Waals surface area contributed by atoms with Gasteiger partial charge in [0.2, 0.25) is 5.91 Å². The average Bonchev–Trinajstić information content (AvgIpc) is 2.79. The lowest BCUT2D eigenvalue weighted by molar-refractivity contribution is -0.116. The van der Waals surface area contributed by atoms with E-state index in [4.69, 9.17) is 4.74 Å². The Morgan fingerprint density at radius 3 is 2.38 bits per heavy atom. The van der Waals surface area contributed by atoms with Gasteiger partial charge in [0.1, 0.15) is 5.75 Å². The van der Waals surface area contributed by atoms with E-state index in [0.29, 0.717) is 18.0 Å². The van der Waals surface area contributed by atoms with Crippen molar-refractivity contribution in [1.82, 2.24) is 5.32 Å². The molecule has 0 heterocycles. The summed E-state index contributed by atoms with van der Waals surface area (Å²) < 4.78 is 33.0. The summed E-state index contributed by atoms with van der Waals surface area (Å²) in [7, 11) is -2.29. The highest BCUT2D eigenvalue weighted by atomic mass is 32.2. The van der Waals surface area contributed by atoms with Crippen LogP contribution in [-0.4, -0.2) is 28.0 Å². The number of rotatable bonds is 9. The van der Waals surface area contributed by atoms with Gasteiger partial charge < -0.3 is 10.1 Å². The largest absolute Gasteiger partial charge is 0.495 e. The van der Waals surface area contributed by atoms with Crippen LogP contribution >= 0.6 is 0 Å². The molecule has 0 saturated heterocycles. The second-order valence-electron chi connectivity index (χ2n) is 7.18. The molecule has 3 aromatic rings. The lowest BCUT2D eigenvalue weighted by Gasteiger charge is -2.11. The normalized spacial score (nSPS) is 11.3. The SMILES string of the molecule is COc1ccccc1NS(=O)(=O)c1ccc(/C=C/C(=O)NCCc2ccccc2C)cc1. The van der Waals surface area contributed by atoms with Crippen molar-refractivity contribution in [1.29, 1.82) is 0 Å². The predicted molar refractivity (Wildman–Crippen MR) is 127 cm³/mol. The van der Waals surface area contributed by atoms with E-state index in [1.165, 1.54) is 36.4 Å². The van der Waals surface area contributed by atoms with E-state index >= 15 is 0 Å². The Hall–Kier alpha value is -3.58. The first-order valence-electron chi connectivity index (χ1n) is 10.2. The first kappa shape index (κ1) is 23.1. The molecule has 0 aliphatic rings. The minimum atomic E-state index is -3.77. The minimum Gasteiger partial charge on any atom is -0.495 e. The van der Waals surface area contributed by atoms with Crippen molar-refractivity contribution in [3.05, 3.63) is 95.6 Å². The molecule has 7 heteroatoms. The number of hydrogen-bond donors (Lipinski definition) is 2. The highest BCUT2D eigenvalue weighted by Gasteiger charge is 2.16. The zero-order valence-corrected chi connectivity index (χ0v) is 18.9. The summed E-state index contributed by atoms with van der Waals surface area (Å²) >= 11 is 0. The van der Waals surface area contributed by atoms with Gasteiger partial charge >= 0.3 is 0 Å². The van der Waals surface area contributed by atoms with Gasteiger partial charge in [0.25, 0.3) is 10.0 Å². The van der Waals surface area contributed by atoms with Gasteiger partial charge in [-0.2, -0.15) is 0 Å². The van der Waals surface area contributed by atoms with Crippen molar-refractivity contribution >= 4 is 27.7 Å². The van der Waals surface area contributed by atoms with E-state index in [0.717, 1.165) is 12.0 Å². The van der Waals surface area contributed by atoms with Crippen molar-refractivity contribution in [3.63, 3.8) is 0 Å². The van der Waals surface area contributed by atoms with Crippen molar-refractivity contribution < 1.29 is 17.9 Å². The summed E-state index contributed by atoms with van der Waals surface area (Å²) in [5.74, 6) is 0.234. The molecular formula is C25H26N2O4S. The van der Waals surface area contributed by atoms with Crippen LogP contribution in [0.25, 0.3) is 6.08 Å². The molecule has 0 aliphatic carbocycles. The highest BCUT2D eigenvalue weighted by molar-refractivity contribution is 7.92. The lowest BCUT2D eigenvalue weighted by atomic mass is 10.1. The van der Waals surface area contributed by atoms with E-state index in [1.54, 1.807) is 42.5 Å². The average molecular weight is 451 g/mol. The van der Waals surface area contributed by atoms with Gasteiger partial charge in [0, 0.05) is 12.6 Å². The Kier molecular flexibility index (Phi) is 7.68. The van der Waals surface area contributed by atoms with Crippen LogP contribution in [0.2, 0.25) is 0 Å². The fourth-order valence-corrected chi connectivity index (χ4v) is 4.20. The van der Waals surface area contributed by atoms with Crippen LogP contribution in [0.1, 0.15) is 16.7 Å². The van der Waals surface area contributed by atoms with E-state index < -0.39 is 10.0 Å². The Bertz CT molecular complexity index is 1200. The first-order chi connectivity index (χ1) is 15.4. The van der Waals surface area contributed by atoms with Gasteiger partial charge in [-0.3, -0.25) is 9.52 Å². The predicted octanol–water partition coefficient (Wildman–Crippen LogP) is 4.18. The fourth-order valence-electron chi connectivity index (χ4n) is 3.13. The molecule has 0 spiro atoms. The molecule has 166 valence electrons. The summed E-state index contributed by atoms with van der Waals surface area (Å²) in [6, 6.07) is 21.1. The standard InChI is InChI=1S/C25H26N2O4S/c1-19-7-3-4-8-21(19)17-18-26-25(28)16-13-20-11-14-22(15-12-20)32(29,30)27-23-9-5-6-10-24(23)31-2/h3-16,27H,17-18H2,1-2H3,(H,26,28)/b16-13+. The maximum Gasteiger partial charge on any atom is 0.262 e. The van der Waals surface area contributed by atoms with Crippen LogP contribution < -0.4 is 14.8 Å². The van der Waals surface area contributed by atoms with Crippen molar-refractivity contribution in [2.75, 3.05) is 18.4 Å². The van der Waals surface area contributed by atoms with Crippen molar-refractivity contribution in [3.8, 4) is 5.75 Å². The molecule has 0 saturated carbocycles. The quantitative estimate of drug-likeness (QED) is 0.479. The minimum absolute atomic E-state index is 0.114. The number of benzene rings is 3. The maximum absolute atomic E-state index is 12.7. The number of ether oxygens (including phenoxy) is 1. The summed E-state index contributed by atoms with van der Waals surface area (Å²) in [6.45, 7) is 2.59. The van der Waals surface area contributed by atoms with E-state index in [1.807, 2.05) is 25.1 Å². The van der Waals surface area contributed by atoms with Crippen LogP contribution in [-0.2, 0) is 21.2 Å². The Morgan fingerprint density at radius 2 is 1.66 bits per heavy atom. The van der Waals surface area contributed by atoms with Crippen LogP contribution in [0.5, 0.6) is 5.75 Å². The number of anilines is 1. The summed E-state index contributed by atoms with van der Waals surface area (Å²) in [6.07, 6.45) is 3.85. The molecule has 0 unspecified atom stereocenters. The monoisotopic (exact) mass is 450 g/mol. The number of carbonyl (C=O) groups is 1. The topological polar surface area (TPSA) is 84.5 Å². The van der Waals surface area contributed by atoms with Crippen LogP contribution in [0.4, 0.5) is 5.69 Å². The van der Waals surface area contributed by atoms with Crippen LogP contribution in [0.15, 0.2) is 83.8 Å². The van der Waals surface area contributed by atoms with E-state index in [9.17, 15) is 13.2 Å². The summed E-state index contributed by atoms with van der Waals surface area (Å²) in [4.78, 5) is 12.2. The van der Waals surface area contributed by atoms with Gasteiger partial charge in [-0.25, -0.2) is 8.42 Å². The smallest absolute Gasteiger partial charge is 0.262 e. The molecule has 0 aliphatic heterocycles. The third kappa shape index (κ3) is 6.21. The number of sulfonamides is 1. The molecule has 1 amide bonds. The zero-order chi connectivity index (χ0) is 23.0. The second-order valence-corrected chi connectivity index (χ2v) is 8.86. The number of para-hydroxylation sites is 2. The number of aryl methyl sites for hydroxylation is 1. The van der Waals surface area contributed by atoms with Crippen LogP contribution in [0, 0.1) is 6.92 Å². The van der Waals surface area contributed by atoms with Crippen LogP contribution in [0.3, 0.4) is 0 Å². The van der Waals surface area contributed by atoms with Crippen molar-refractivity contribution in [2.24, 2.45) is 0 Å². The number of carbonyl (C=O) groups excluding carboxylic acids is 1. The van der Waals surface area contributed by atoms with Gasteiger partial charge in [-0.1, -0.05) is 48.5 Å². The Labute approximate surface area is 189 Å². The molecule has 0 bridgehead atoms. The maximum atomic E-state index is 12.7. The second kappa shape index (κ2) is 10.6. The fraction of sp³-hybridized carbons (Fsp3) is 0.160. The number of nitrogens with one attached hydrogen (secondary N) is 2. The molecule has 32 heavy (non-hydrogen) atoms. The Morgan fingerprint density at radius 1 is 0.969 bits per heavy atom. The summed E-state index contributed by atoms with van der Waals surface area (Å²) in [5, 5.41) is 2.86. The molecule has 2 N–H and O–H groups in total. The summed E-state index contributed by atoms with van der Waals surface area (Å²) in [5.41, 5.74) is 3.49. The molecule has 3 aromatic carbocycles. The third-order valence-corrected chi connectivity index (χ3v) is 6.31. The molecule has 3 rings (SSSR count). The van der Waals surface area contributed by atoms with Gasteiger partial charge in [-0.05, 0) is 60.4 Å². The number of hydrogen-bond acceptors (Lipinski definition) is 4. The number of methoxy groups -OCH3 is 1. The van der Waals surface area contributed by atoms with E-state index in [-0.39, 0.29) is 10.8 Å². The third-order valence-electron chi connectivity index (χ3n) is 4.92. The van der Waals surface area contributed by atoms with Gasteiger partial charge in [0.15, 0.2) is 0 Å². The van der Waals surface area contributed by atoms with Gasteiger partial charge in [-0.15, -0.1) is 0 Å². The van der Waals surface area contributed by atoms with Crippen molar-refractivity contribution in [2.45, 2.75) is 18.2 Å². The molecule has 0 aromatic heterocycles. The lowest BCUT2D eigenvalue weighted by Crippen LogP contribution is -2.23. The first-order valence-corrected chi connectivity index (χ1v) is 11.6. The molecule has 0 atom stereocenters. The highest BCUT2D eigenvalue weighted by Crippen LogP contribution is 2.26. The zero-order valence-electron chi connectivity index (χ0n) is 18.0. The number of amides is 1. The Balaban J connectivity index is 1.57. The molecular weight excluding hydrogens is 424 g/mol.